The molecule has 1 aliphatic carbocycles. The molecule has 2 aromatic rings. The Morgan fingerprint density at radius 2 is 1.71 bits per heavy atom. The fourth-order valence-electron chi connectivity index (χ4n) is 5.33. The van der Waals surface area contributed by atoms with Crippen LogP contribution >= 0.6 is 23.2 Å². The molecule has 0 saturated heterocycles. The zero-order chi connectivity index (χ0) is 29.6. The fraction of sp³-hybridized carbons (Fsp3) is 0.517. The average molecular weight is 627 g/mol. The SMILES string of the molecule is CC[C@H](C(=O)NC1CCCC1)N(Cc1c(Cl)cccc1Cl)C(=O)CCCN(c1ccc2c(c1)OCCO2)S(C)(=O)=O. The molecule has 41 heavy (non-hydrogen) atoms. The van der Waals surface area contributed by atoms with E-state index in [2.05, 4.69) is 5.32 Å². The highest BCUT2D eigenvalue weighted by Gasteiger charge is 2.31. The largest absolute Gasteiger partial charge is 0.486 e. The van der Waals surface area contributed by atoms with Crippen LogP contribution in [0, 0.1) is 0 Å². The number of rotatable bonds is 12. The van der Waals surface area contributed by atoms with Gasteiger partial charge in [-0.05, 0) is 49.9 Å². The second-order valence-corrected chi connectivity index (χ2v) is 13.1. The summed E-state index contributed by atoms with van der Waals surface area (Å²) >= 11 is 12.9. The zero-order valence-corrected chi connectivity index (χ0v) is 25.7. The van der Waals surface area contributed by atoms with Crippen molar-refractivity contribution in [2.75, 3.05) is 30.3 Å². The molecule has 1 N–H and O–H groups in total. The number of halogens is 2. The van der Waals surface area contributed by atoms with E-state index in [-0.39, 0.29) is 43.8 Å². The second-order valence-electron chi connectivity index (χ2n) is 10.4. The Kier molecular flexibility index (Phi) is 10.7. The molecule has 224 valence electrons. The minimum absolute atomic E-state index is 0.0197. The predicted molar refractivity (Wildman–Crippen MR) is 160 cm³/mol. The average Bonchev–Trinajstić information content (AvgIpc) is 3.44. The highest BCUT2D eigenvalue weighted by molar-refractivity contribution is 7.92. The Morgan fingerprint density at radius 1 is 1.05 bits per heavy atom. The Bertz CT molecular complexity index is 1330. The molecule has 0 radical (unpaired) electrons. The fourth-order valence-corrected chi connectivity index (χ4v) is 6.81. The summed E-state index contributed by atoms with van der Waals surface area (Å²) in [5.41, 5.74) is 0.983. The molecule has 12 heteroatoms. The third kappa shape index (κ3) is 7.99. The van der Waals surface area contributed by atoms with Crippen LogP contribution in [0.1, 0.15) is 57.4 Å². The van der Waals surface area contributed by atoms with Crippen LogP contribution in [0.5, 0.6) is 11.5 Å². The standard InChI is InChI=1S/C29H37Cl2N3O6S/c1-3-25(29(36)32-20-8-4-5-9-20)33(19-22-23(30)10-6-11-24(22)31)28(35)12-7-15-34(41(2,37)38)21-13-14-26-27(18-21)40-17-16-39-26/h6,10-11,13-14,18,20,25H,3-5,7-9,12,15-17,19H2,1-2H3,(H,32,36)/t25-/m1/s1. The molecule has 1 saturated carbocycles. The van der Waals surface area contributed by atoms with E-state index in [4.69, 9.17) is 32.7 Å². The molecule has 2 aliphatic rings. The number of carbonyl (C=O) groups is 2. The number of hydrogen-bond donors (Lipinski definition) is 1. The van der Waals surface area contributed by atoms with Gasteiger partial charge in [0, 0.05) is 47.2 Å². The lowest BCUT2D eigenvalue weighted by molar-refractivity contribution is -0.141. The zero-order valence-electron chi connectivity index (χ0n) is 23.4. The summed E-state index contributed by atoms with van der Waals surface area (Å²) in [4.78, 5) is 28.6. The van der Waals surface area contributed by atoms with E-state index in [1.54, 1.807) is 36.4 Å². The number of benzene rings is 2. The smallest absolute Gasteiger partial charge is 0.243 e. The van der Waals surface area contributed by atoms with Gasteiger partial charge in [-0.3, -0.25) is 13.9 Å². The van der Waals surface area contributed by atoms with Crippen molar-refractivity contribution in [2.45, 2.75) is 70.5 Å². The third-order valence-corrected chi connectivity index (χ3v) is 9.35. The van der Waals surface area contributed by atoms with E-state index in [0.29, 0.717) is 52.4 Å². The monoisotopic (exact) mass is 625 g/mol. The van der Waals surface area contributed by atoms with Crippen LogP contribution in [0.4, 0.5) is 5.69 Å². The summed E-state index contributed by atoms with van der Waals surface area (Å²) in [5.74, 6) is 0.536. The van der Waals surface area contributed by atoms with Gasteiger partial charge in [-0.25, -0.2) is 8.42 Å². The first kappa shape index (κ1) is 31.3. The quantitative estimate of drug-likeness (QED) is 0.348. The van der Waals surface area contributed by atoms with Crippen molar-refractivity contribution in [3.05, 3.63) is 52.0 Å². The number of nitrogens with zero attached hydrogens (tertiary/aromatic N) is 2. The van der Waals surface area contributed by atoms with Gasteiger partial charge in [-0.15, -0.1) is 0 Å². The number of anilines is 1. The van der Waals surface area contributed by atoms with Crippen molar-refractivity contribution in [2.24, 2.45) is 0 Å². The van der Waals surface area contributed by atoms with Crippen molar-refractivity contribution >= 4 is 50.7 Å². The van der Waals surface area contributed by atoms with Crippen molar-refractivity contribution in [1.29, 1.82) is 0 Å². The molecule has 0 aromatic heterocycles. The van der Waals surface area contributed by atoms with E-state index in [9.17, 15) is 18.0 Å². The van der Waals surface area contributed by atoms with Gasteiger partial charge >= 0.3 is 0 Å². The van der Waals surface area contributed by atoms with Crippen LogP contribution in [0.3, 0.4) is 0 Å². The highest BCUT2D eigenvalue weighted by Crippen LogP contribution is 2.35. The van der Waals surface area contributed by atoms with Gasteiger partial charge in [0.15, 0.2) is 11.5 Å². The molecule has 0 spiro atoms. The molecule has 2 amide bonds. The number of nitrogens with one attached hydrogen (secondary N) is 1. The van der Waals surface area contributed by atoms with Crippen LogP contribution in [0.15, 0.2) is 36.4 Å². The molecule has 0 bridgehead atoms. The van der Waals surface area contributed by atoms with Gasteiger partial charge in [0.1, 0.15) is 19.3 Å². The lowest BCUT2D eigenvalue weighted by Gasteiger charge is -2.32. The Hall–Kier alpha value is -2.69. The molecule has 4 rings (SSSR count). The van der Waals surface area contributed by atoms with Crippen molar-refractivity contribution in [3.63, 3.8) is 0 Å². The Balaban J connectivity index is 1.51. The topological polar surface area (TPSA) is 105 Å². The van der Waals surface area contributed by atoms with E-state index in [1.807, 2.05) is 6.92 Å². The van der Waals surface area contributed by atoms with Crippen molar-refractivity contribution < 1.29 is 27.5 Å². The van der Waals surface area contributed by atoms with Gasteiger partial charge in [0.2, 0.25) is 21.8 Å². The molecular weight excluding hydrogens is 589 g/mol. The van der Waals surface area contributed by atoms with Gasteiger partial charge in [-0.1, -0.05) is 49.0 Å². The normalized spacial score (nSPS) is 15.8. The molecule has 1 heterocycles. The first-order valence-electron chi connectivity index (χ1n) is 14.0. The summed E-state index contributed by atoms with van der Waals surface area (Å²) < 4.78 is 37.8. The maximum Gasteiger partial charge on any atom is 0.243 e. The van der Waals surface area contributed by atoms with Crippen LogP contribution < -0.4 is 19.1 Å². The van der Waals surface area contributed by atoms with Gasteiger partial charge in [-0.2, -0.15) is 0 Å². The van der Waals surface area contributed by atoms with E-state index >= 15 is 0 Å². The molecule has 0 unspecified atom stereocenters. The predicted octanol–water partition coefficient (Wildman–Crippen LogP) is 5.18. The highest BCUT2D eigenvalue weighted by atomic mass is 35.5. The maximum absolute atomic E-state index is 13.7. The number of hydrogen-bond acceptors (Lipinski definition) is 6. The van der Waals surface area contributed by atoms with E-state index in [0.717, 1.165) is 31.9 Å². The molecule has 1 fully saturated rings. The minimum Gasteiger partial charge on any atom is -0.486 e. The minimum atomic E-state index is -3.66. The van der Waals surface area contributed by atoms with Gasteiger partial charge < -0.3 is 19.7 Å². The third-order valence-electron chi connectivity index (χ3n) is 7.44. The molecule has 1 aliphatic heterocycles. The lowest BCUT2D eigenvalue weighted by Crippen LogP contribution is -2.51. The van der Waals surface area contributed by atoms with E-state index in [1.165, 1.54) is 9.21 Å². The number of fused-ring (bicyclic) bond motifs is 1. The Labute approximate surface area is 252 Å². The summed E-state index contributed by atoms with van der Waals surface area (Å²) in [6.45, 7) is 2.79. The summed E-state index contributed by atoms with van der Waals surface area (Å²) in [5, 5.41) is 3.92. The van der Waals surface area contributed by atoms with Gasteiger partial charge in [0.25, 0.3) is 0 Å². The number of amides is 2. The van der Waals surface area contributed by atoms with E-state index < -0.39 is 16.1 Å². The van der Waals surface area contributed by atoms with Crippen LogP contribution in [0.25, 0.3) is 0 Å². The van der Waals surface area contributed by atoms with Crippen LogP contribution in [-0.2, 0) is 26.2 Å². The number of carbonyl (C=O) groups excluding carboxylic acids is 2. The number of sulfonamides is 1. The molecule has 9 nitrogen and oxygen atoms in total. The second kappa shape index (κ2) is 14.0. The lowest BCUT2D eigenvalue weighted by atomic mass is 10.1. The van der Waals surface area contributed by atoms with Crippen LogP contribution in [0.2, 0.25) is 10.0 Å². The number of ether oxygens (including phenoxy) is 2. The van der Waals surface area contributed by atoms with Crippen LogP contribution in [-0.4, -0.2) is 63.2 Å². The first-order chi connectivity index (χ1) is 19.6. The first-order valence-corrected chi connectivity index (χ1v) is 16.6. The summed E-state index contributed by atoms with van der Waals surface area (Å²) in [6, 6.07) is 9.46. The van der Waals surface area contributed by atoms with Crippen molar-refractivity contribution in [3.8, 4) is 11.5 Å². The van der Waals surface area contributed by atoms with Gasteiger partial charge in [0.05, 0.1) is 11.9 Å². The summed E-state index contributed by atoms with van der Waals surface area (Å²) in [6.07, 6.45) is 5.76. The Morgan fingerprint density at radius 3 is 2.34 bits per heavy atom. The molecular formula is C29H37Cl2N3O6S. The maximum atomic E-state index is 13.7. The molecule has 1 atom stereocenters. The van der Waals surface area contributed by atoms with Crippen molar-refractivity contribution in [1.82, 2.24) is 10.2 Å². The summed E-state index contributed by atoms with van der Waals surface area (Å²) in [7, 11) is -3.66. The molecule has 2 aromatic carbocycles.